The van der Waals surface area contributed by atoms with Crippen molar-refractivity contribution in [1.29, 1.82) is 0 Å². The monoisotopic (exact) mass is 403 g/mol. The number of amides is 2. The molecule has 0 radical (unpaired) electrons. The minimum atomic E-state index is -0.149. The van der Waals surface area contributed by atoms with E-state index in [1.807, 2.05) is 45.0 Å². The van der Waals surface area contributed by atoms with Gasteiger partial charge in [0, 0.05) is 28.0 Å². The molecule has 0 aliphatic rings. The summed E-state index contributed by atoms with van der Waals surface area (Å²) in [6.45, 7) is 6.47. The maximum Gasteiger partial charge on any atom is 0.251 e. The summed E-state index contributed by atoms with van der Waals surface area (Å²) in [6, 6.07) is 11.0. The Balaban J connectivity index is 2.00. The fourth-order valence-corrected chi connectivity index (χ4v) is 2.57. The smallest absolute Gasteiger partial charge is 0.251 e. The van der Waals surface area contributed by atoms with Gasteiger partial charge < -0.3 is 16.0 Å². The van der Waals surface area contributed by atoms with Crippen LogP contribution < -0.4 is 16.0 Å². The van der Waals surface area contributed by atoms with Crippen LogP contribution in [0.1, 0.15) is 28.4 Å². The molecule has 2 aromatic rings. The SMILES string of the molecule is CCNC(=O)c1ccc(C)c(NCC(=O)Nc2ccc(Br)c(C)c2)c1. The van der Waals surface area contributed by atoms with Crippen LogP contribution in [0, 0.1) is 13.8 Å². The third kappa shape index (κ3) is 5.32. The molecule has 0 saturated heterocycles. The summed E-state index contributed by atoms with van der Waals surface area (Å²) in [4.78, 5) is 24.1. The number of hydrogen-bond acceptors (Lipinski definition) is 3. The molecule has 5 nitrogen and oxygen atoms in total. The van der Waals surface area contributed by atoms with Gasteiger partial charge in [-0.1, -0.05) is 22.0 Å². The molecule has 0 atom stereocenters. The first-order valence-electron chi connectivity index (χ1n) is 8.09. The predicted molar refractivity (Wildman–Crippen MR) is 105 cm³/mol. The summed E-state index contributed by atoms with van der Waals surface area (Å²) < 4.78 is 1.00. The van der Waals surface area contributed by atoms with Crippen LogP contribution in [-0.2, 0) is 4.79 Å². The van der Waals surface area contributed by atoms with E-state index in [9.17, 15) is 9.59 Å². The molecule has 0 bridgehead atoms. The number of rotatable bonds is 6. The number of nitrogens with one attached hydrogen (secondary N) is 3. The van der Waals surface area contributed by atoms with Crippen LogP contribution >= 0.6 is 15.9 Å². The molecule has 2 amide bonds. The van der Waals surface area contributed by atoms with Crippen LogP contribution in [-0.4, -0.2) is 24.9 Å². The number of aryl methyl sites for hydroxylation is 2. The van der Waals surface area contributed by atoms with E-state index in [4.69, 9.17) is 0 Å². The normalized spacial score (nSPS) is 10.2. The Labute approximate surface area is 156 Å². The van der Waals surface area contributed by atoms with Crippen molar-refractivity contribution in [2.75, 3.05) is 23.7 Å². The van der Waals surface area contributed by atoms with Crippen molar-refractivity contribution in [2.24, 2.45) is 0 Å². The Kier molecular flexibility index (Phi) is 6.58. The molecule has 0 aromatic heterocycles. The zero-order chi connectivity index (χ0) is 18.4. The second-order valence-corrected chi connectivity index (χ2v) is 6.61. The number of carbonyl (C=O) groups is 2. The molecule has 0 heterocycles. The van der Waals surface area contributed by atoms with E-state index in [1.165, 1.54) is 0 Å². The van der Waals surface area contributed by atoms with Crippen molar-refractivity contribution in [1.82, 2.24) is 5.32 Å². The Hall–Kier alpha value is -2.34. The van der Waals surface area contributed by atoms with E-state index in [1.54, 1.807) is 12.1 Å². The topological polar surface area (TPSA) is 70.2 Å². The average Bonchev–Trinajstić information content (AvgIpc) is 2.57. The summed E-state index contributed by atoms with van der Waals surface area (Å²) in [5.41, 5.74) is 4.11. The van der Waals surface area contributed by atoms with Crippen molar-refractivity contribution in [3.63, 3.8) is 0 Å². The van der Waals surface area contributed by atoms with E-state index in [-0.39, 0.29) is 18.4 Å². The maximum absolute atomic E-state index is 12.1. The molecule has 0 saturated carbocycles. The molecule has 132 valence electrons. The molecule has 2 rings (SSSR count). The predicted octanol–water partition coefficient (Wildman–Crippen LogP) is 3.87. The third-order valence-electron chi connectivity index (χ3n) is 3.72. The van der Waals surface area contributed by atoms with Crippen molar-refractivity contribution in [3.8, 4) is 0 Å². The average molecular weight is 404 g/mol. The second kappa shape index (κ2) is 8.67. The number of halogens is 1. The van der Waals surface area contributed by atoms with E-state index < -0.39 is 0 Å². The van der Waals surface area contributed by atoms with Crippen molar-refractivity contribution in [3.05, 3.63) is 57.6 Å². The van der Waals surface area contributed by atoms with Gasteiger partial charge in [-0.05, 0) is 62.2 Å². The van der Waals surface area contributed by atoms with Gasteiger partial charge in [-0.2, -0.15) is 0 Å². The summed E-state index contributed by atoms with van der Waals surface area (Å²) in [7, 11) is 0. The summed E-state index contributed by atoms with van der Waals surface area (Å²) in [5.74, 6) is -0.273. The molecule has 3 N–H and O–H groups in total. The van der Waals surface area contributed by atoms with Gasteiger partial charge in [-0.3, -0.25) is 9.59 Å². The molecule has 0 spiro atoms. The molecule has 0 unspecified atom stereocenters. The highest BCUT2D eigenvalue weighted by Crippen LogP contribution is 2.20. The summed E-state index contributed by atoms with van der Waals surface area (Å²) >= 11 is 3.44. The van der Waals surface area contributed by atoms with Crippen LogP contribution in [0.15, 0.2) is 40.9 Å². The first-order valence-corrected chi connectivity index (χ1v) is 8.88. The van der Waals surface area contributed by atoms with Gasteiger partial charge in [0.25, 0.3) is 5.91 Å². The van der Waals surface area contributed by atoms with Crippen molar-refractivity contribution < 1.29 is 9.59 Å². The van der Waals surface area contributed by atoms with Crippen LogP contribution in [0.3, 0.4) is 0 Å². The van der Waals surface area contributed by atoms with Crippen molar-refractivity contribution >= 4 is 39.1 Å². The van der Waals surface area contributed by atoms with Gasteiger partial charge >= 0.3 is 0 Å². The first-order chi connectivity index (χ1) is 11.9. The lowest BCUT2D eigenvalue weighted by atomic mass is 10.1. The van der Waals surface area contributed by atoms with Gasteiger partial charge in [-0.25, -0.2) is 0 Å². The van der Waals surface area contributed by atoms with E-state index in [0.717, 1.165) is 27.0 Å². The Bertz CT molecular complexity index is 790. The number of anilines is 2. The molecule has 0 aliphatic heterocycles. The molecule has 0 fully saturated rings. The number of benzene rings is 2. The van der Waals surface area contributed by atoms with Crippen molar-refractivity contribution in [2.45, 2.75) is 20.8 Å². The minimum Gasteiger partial charge on any atom is -0.376 e. The van der Waals surface area contributed by atoms with Gasteiger partial charge in [0.05, 0.1) is 6.54 Å². The Morgan fingerprint density at radius 3 is 2.48 bits per heavy atom. The lowest BCUT2D eigenvalue weighted by Crippen LogP contribution is -2.24. The van der Waals surface area contributed by atoms with Crippen LogP contribution in [0.5, 0.6) is 0 Å². The van der Waals surface area contributed by atoms with Gasteiger partial charge in [0.15, 0.2) is 0 Å². The first kappa shape index (κ1) is 19.0. The minimum absolute atomic E-state index is 0.120. The summed E-state index contributed by atoms with van der Waals surface area (Å²) in [5, 5.41) is 8.72. The highest BCUT2D eigenvalue weighted by Gasteiger charge is 2.09. The largest absolute Gasteiger partial charge is 0.376 e. The standard InChI is InChI=1S/C19H22BrN3O2/c1-4-21-19(25)14-6-5-12(2)17(10-14)22-11-18(24)23-15-7-8-16(20)13(3)9-15/h5-10,22H,4,11H2,1-3H3,(H,21,25)(H,23,24). The zero-order valence-electron chi connectivity index (χ0n) is 14.6. The fourth-order valence-electron chi connectivity index (χ4n) is 2.32. The zero-order valence-corrected chi connectivity index (χ0v) is 16.2. The fraction of sp³-hybridized carbons (Fsp3) is 0.263. The molecule has 2 aromatic carbocycles. The van der Waals surface area contributed by atoms with E-state index >= 15 is 0 Å². The van der Waals surface area contributed by atoms with Crippen LogP contribution in [0.2, 0.25) is 0 Å². The van der Waals surface area contributed by atoms with E-state index in [0.29, 0.717) is 12.1 Å². The quantitative estimate of drug-likeness (QED) is 0.685. The molecule has 0 aliphatic carbocycles. The summed E-state index contributed by atoms with van der Waals surface area (Å²) in [6.07, 6.45) is 0. The highest BCUT2D eigenvalue weighted by atomic mass is 79.9. The van der Waals surface area contributed by atoms with Crippen LogP contribution in [0.25, 0.3) is 0 Å². The second-order valence-electron chi connectivity index (χ2n) is 5.75. The van der Waals surface area contributed by atoms with Gasteiger partial charge in [0.1, 0.15) is 0 Å². The third-order valence-corrected chi connectivity index (χ3v) is 4.61. The maximum atomic E-state index is 12.1. The number of hydrogen-bond donors (Lipinski definition) is 3. The van der Waals surface area contributed by atoms with Gasteiger partial charge in [0.2, 0.25) is 5.91 Å². The van der Waals surface area contributed by atoms with Crippen LogP contribution in [0.4, 0.5) is 11.4 Å². The molecular formula is C19H22BrN3O2. The lowest BCUT2D eigenvalue weighted by Gasteiger charge is -2.12. The molecule has 25 heavy (non-hydrogen) atoms. The lowest BCUT2D eigenvalue weighted by molar-refractivity contribution is -0.114. The number of carbonyl (C=O) groups excluding carboxylic acids is 2. The van der Waals surface area contributed by atoms with E-state index in [2.05, 4.69) is 31.9 Å². The molecule has 6 heteroatoms. The Morgan fingerprint density at radius 2 is 1.80 bits per heavy atom. The highest BCUT2D eigenvalue weighted by molar-refractivity contribution is 9.10. The molecular weight excluding hydrogens is 382 g/mol. The Morgan fingerprint density at radius 1 is 1.04 bits per heavy atom. The van der Waals surface area contributed by atoms with Gasteiger partial charge in [-0.15, -0.1) is 0 Å².